The van der Waals surface area contributed by atoms with Gasteiger partial charge in [0.05, 0.1) is 11.7 Å². The van der Waals surface area contributed by atoms with E-state index in [9.17, 15) is 12.8 Å². The van der Waals surface area contributed by atoms with Gasteiger partial charge in [-0.05, 0) is 36.6 Å². The minimum absolute atomic E-state index is 0.257. The van der Waals surface area contributed by atoms with Crippen molar-refractivity contribution < 1.29 is 12.8 Å². The molecule has 2 heterocycles. The number of hydrogen-bond acceptors (Lipinski definition) is 3. The summed E-state index contributed by atoms with van der Waals surface area (Å²) in [4.78, 5) is 4.62. The zero-order valence-corrected chi connectivity index (χ0v) is 15.2. The summed E-state index contributed by atoms with van der Waals surface area (Å²) in [6.45, 7) is 0.490. The van der Waals surface area contributed by atoms with E-state index in [0.29, 0.717) is 18.5 Å². The molecule has 2 aromatic rings. The molecule has 7 heteroatoms. The van der Waals surface area contributed by atoms with Gasteiger partial charge >= 0.3 is 0 Å². The lowest BCUT2D eigenvalue weighted by molar-refractivity contribution is 0.357. The van der Waals surface area contributed by atoms with Crippen LogP contribution in [0.15, 0.2) is 42.5 Å². The Hall–Kier alpha value is -1.83. The minimum atomic E-state index is -3.49. The number of aromatic nitrogens is 1. The van der Waals surface area contributed by atoms with Gasteiger partial charge < -0.3 is 0 Å². The van der Waals surface area contributed by atoms with E-state index in [0.717, 1.165) is 24.2 Å². The molecule has 0 bridgehead atoms. The van der Waals surface area contributed by atoms with Crippen molar-refractivity contribution in [3.05, 3.63) is 65.2 Å². The van der Waals surface area contributed by atoms with Crippen molar-refractivity contribution in [3.8, 4) is 0 Å². The first-order valence-corrected chi connectivity index (χ1v) is 9.68. The van der Waals surface area contributed by atoms with Crippen LogP contribution < -0.4 is 0 Å². The summed E-state index contributed by atoms with van der Waals surface area (Å²) in [5.74, 6) is -0.257. The van der Waals surface area contributed by atoms with E-state index < -0.39 is 10.2 Å². The topological polar surface area (TPSA) is 53.5 Å². The van der Waals surface area contributed by atoms with Crippen molar-refractivity contribution in [1.82, 2.24) is 13.6 Å². The molecule has 1 fully saturated rings. The van der Waals surface area contributed by atoms with Gasteiger partial charge in [-0.1, -0.05) is 24.3 Å². The Balaban J connectivity index is 1.87. The monoisotopic (exact) mass is 363 g/mol. The summed E-state index contributed by atoms with van der Waals surface area (Å²) in [6.07, 6.45) is 1.92. The molecule has 0 spiro atoms. The molecule has 0 saturated carbocycles. The lowest BCUT2D eigenvalue weighted by Gasteiger charge is -2.26. The van der Waals surface area contributed by atoms with E-state index in [4.69, 9.17) is 0 Å². The van der Waals surface area contributed by atoms with Gasteiger partial charge in [-0.15, -0.1) is 0 Å². The summed E-state index contributed by atoms with van der Waals surface area (Å²) >= 11 is 0. The minimum Gasteiger partial charge on any atom is -0.256 e. The fourth-order valence-electron chi connectivity index (χ4n) is 3.14. The Bertz CT molecular complexity index is 855. The molecule has 1 atom stereocenters. The maximum atomic E-state index is 13.9. The Kier molecular flexibility index (Phi) is 5.17. The zero-order chi connectivity index (χ0) is 18.0. The molecule has 1 aromatic heterocycles. The second-order valence-corrected chi connectivity index (χ2v) is 8.48. The molecule has 0 aliphatic carbocycles. The van der Waals surface area contributed by atoms with E-state index >= 15 is 0 Å². The van der Waals surface area contributed by atoms with Gasteiger partial charge in [0.15, 0.2) is 0 Å². The van der Waals surface area contributed by atoms with Crippen LogP contribution in [0.3, 0.4) is 0 Å². The quantitative estimate of drug-likeness (QED) is 0.821. The molecule has 1 aromatic carbocycles. The SMILES string of the molecule is CN(C)S(=O)(=O)N1CCC[C@H]1c1cccc(Cc2ccccc2F)n1. The highest BCUT2D eigenvalue weighted by molar-refractivity contribution is 7.86. The number of benzene rings is 1. The Morgan fingerprint density at radius 3 is 2.68 bits per heavy atom. The van der Waals surface area contributed by atoms with Gasteiger partial charge in [0, 0.05) is 32.8 Å². The van der Waals surface area contributed by atoms with Crippen LogP contribution in [0.1, 0.15) is 35.8 Å². The van der Waals surface area contributed by atoms with Gasteiger partial charge in [0.1, 0.15) is 5.82 Å². The van der Waals surface area contributed by atoms with E-state index in [-0.39, 0.29) is 11.9 Å². The first-order valence-electron chi connectivity index (χ1n) is 8.28. The fraction of sp³-hybridized carbons (Fsp3) is 0.389. The molecule has 1 aliphatic heterocycles. The van der Waals surface area contributed by atoms with E-state index in [2.05, 4.69) is 4.98 Å². The second-order valence-electron chi connectivity index (χ2n) is 6.38. The van der Waals surface area contributed by atoms with Crippen LogP contribution in [0.2, 0.25) is 0 Å². The van der Waals surface area contributed by atoms with Gasteiger partial charge in [-0.25, -0.2) is 4.39 Å². The average Bonchev–Trinajstić information content (AvgIpc) is 3.07. The summed E-state index contributed by atoms with van der Waals surface area (Å²) in [5, 5.41) is 0. The van der Waals surface area contributed by atoms with Crippen LogP contribution >= 0.6 is 0 Å². The first-order chi connectivity index (χ1) is 11.9. The number of nitrogens with zero attached hydrogens (tertiary/aromatic N) is 3. The van der Waals surface area contributed by atoms with Crippen molar-refractivity contribution in [2.75, 3.05) is 20.6 Å². The molecule has 0 amide bonds. The molecule has 134 valence electrons. The third-order valence-corrected chi connectivity index (χ3v) is 6.41. The Morgan fingerprint density at radius 1 is 1.20 bits per heavy atom. The van der Waals surface area contributed by atoms with Crippen LogP contribution in [0, 0.1) is 5.82 Å². The molecule has 1 saturated heterocycles. The second kappa shape index (κ2) is 7.19. The molecule has 3 rings (SSSR count). The molecule has 0 N–H and O–H groups in total. The van der Waals surface area contributed by atoms with Crippen LogP contribution in [0.4, 0.5) is 4.39 Å². The highest BCUT2D eigenvalue weighted by atomic mass is 32.2. The molecular formula is C18H22FN3O2S. The largest absolute Gasteiger partial charge is 0.282 e. The third kappa shape index (κ3) is 3.73. The lowest BCUT2D eigenvalue weighted by Crippen LogP contribution is -2.39. The molecule has 5 nitrogen and oxygen atoms in total. The van der Waals surface area contributed by atoms with Gasteiger partial charge in [0.25, 0.3) is 10.2 Å². The van der Waals surface area contributed by atoms with Crippen LogP contribution in [0.25, 0.3) is 0 Å². The van der Waals surface area contributed by atoms with E-state index in [1.807, 2.05) is 18.2 Å². The highest BCUT2D eigenvalue weighted by Gasteiger charge is 2.37. The van der Waals surface area contributed by atoms with Crippen molar-refractivity contribution in [1.29, 1.82) is 0 Å². The van der Waals surface area contributed by atoms with Crippen LogP contribution in [-0.4, -0.2) is 42.7 Å². The zero-order valence-electron chi connectivity index (χ0n) is 14.4. The van der Waals surface area contributed by atoms with E-state index in [1.54, 1.807) is 18.2 Å². The van der Waals surface area contributed by atoms with Crippen molar-refractivity contribution in [3.63, 3.8) is 0 Å². The number of halogens is 1. The third-order valence-electron chi connectivity index (χ3n) is 4.46. The maximum absolute atomic E-state index is 13.9. The highest BCUT2D eigenvalue weighted by Crippen LogP contribution is 2.34. The van der Waals surface area contributed by atoms with E-state index in [1.165, 1.54) is 28.8 Å². The summed E-state index contributed by atoms with van der Waals surface area (Å²) in [7, 11) is -0.417. The predicted molar refractivity (Wildman–Crippen MR) is 94.7 cm³/mol. The first kappa shape index (κ1) is 18.0. The molecular weight excluding hydrogens is 341 g/mol. The van der Waals surface area contributed by atoms with Gasteiger partial charge in [-0.2, -0.15) is 17.0 Å². The van der Waals surface area contributed by atoms with Gasteiger partial charge in [-0.3, -0.25) is 4.98 Å². The summed E-state index contributed by atoms with van der Waals surface area (Å²) in [6, 6.07) is 11.9. The van der Waals surface area contributed by atoms with Crippen LogP contribution in [0.5, 0.6) is 0 Å². The van der Waals surface area contributed by atoms with Crippen molar-refractivity contribution in [2.45, 2.75) is 25.3 Å². The molecule has 25 heavy (non-hydrogen) atoms. The Morgan fingerprint density at radius 2 is 1.96 bits per heavy atom. The Labute approximate surface area is 148 Å². The van der Waals surface area contributed by atoms with Crippen LogP contribution in [-0.2, 0) is 16.6 Å². The average molecular weight is 363 g/mol. The van der Waals surface area contributed by atoms with Crippen molar-refractivity contribution >= 4 is 10.2 Å². The number of rotatable bonds is 5. The number of hydrogen-bond donors (Lipinski definition) is 0. The maximum Gasteiger partial charge on any atom is 0.282 e. The van der Waals surface area contributed by atoms with Gasteiger partial charge in [0.2, 0.25) is 0 Å². The number of pyridine rings is 1. The predicted octanol–water partition coefficient (Wildman–Crippen LogP) is 2.75. The molecule has 0 unspecified atom stereocenters. The van der Waals surface area contributed by atoms with Crippen molar-refractivity contribution in [2.24, 2.45) is 0 Å². The molecule has 0 radical (unpaired) electrons. The summed E-state index contributed by atoms with van der Waals surface area (Å²) in [5.41, 5.74) is 2.03. The summed E-state index contributed by atoms with van der Waals surface area (Å²) < 4.78 is 41.6. The standard InChI is InChI=1S/C18H22FN3O2S/c1-21(2)25(23,24)22-12-6-11-18(22)17-10-5-8-15(20-17)13-14-7-3-4-9-16(14)19/h3-5,7-10,18H,6,11-13H2,1-2H3/t18-/m0/s1. The lowest BCUT2D eigenvalue weighted by atomic mass is 10.1. The fourth-order valence-corrected chi connectivity index (χ4v) is 4.46. The smallest absolute Gasteiger partial charge is 0.256 e. The normalized spacial score (nSPS) is 18.8. The molecule has 1 aliphatic rings.